The van der Waals surface area contributed by atoms with Crippen LogP contribution in [0.4, 0.5) is 10.1 Å². The number of piperidine rings is 1. The molecule has 0 radical (unpaired) electrons. The lowest BCUT2D eigenvalue weighted by Crippen LogP contribution is -2.57. The molecule has 2 aliphatic heterocycles. The fraction of sp³-hybridized carbons (Fsp3) is 0.364. The third kappa shape index (κ3) is 4.20. The van der Waals surface area contributed by atoms with E-state index in [0.717, 1.165) is 29.8 Å². The van der Waals surface area contributed by atoms with E-state index in [-0.39, 0.29) is 17.6 Å². The lowest BCUT2D eigenvalue weighted by atomic mass is 9.85. The molecule has 2 aromatic carbocycles. The Bertz CT molecular complexity index is 929. The number of nitrogens with one attached hydrogen (secondary N) is 2. The van der Waals surface area contributed by atoms with Gasteiger partial charge in [-0.1, -0.05) is 22.0 Å². The molecule has 2 aliphatic rings. The third-order valence-corrected chi connectivity index (χ3v) is 6.49. The molecule has 0 atom stereocenters. The van der Waals surface area contributed by atoms with Crippen LogP contribution < -0.4 is 15.5 Å². The van der Waals surface area contributed by atoms with E-state index in [1.165, 1.54) is 12.1 Å². The number of likely N-dealkylation sites (tertiary alicyclic amines) is 1. The maximum Gasteiger partial charge on any atom is 0.251 e. The summed E-state index contributed by atoms with van der Waals surface area (Å²) in [6.45, 7) is 3.15. The predicted octanol–water partition coefficient (Wildman–Crippen LogP) is 2.75. The molecule has 0 aromatic heterocycles. The average molecular weight is 475 g/mol. The minimum atomic E-state index is -0.634. The molecule has 30 heavy (non-hydrogen) atoms. The highest BCUT2D eigenvalue weighted by Gasteiger charge is 2.50. The van der Waals surface area contributed by atoms with E-state index in [9.17, 15) is 14.0 Å². The maximum atomic E-state index is 13.7. The molecule has 0 aliphatic carbocycles. The second-order valence-electron chi connectivity index (χ2n) is 7.71. The van der Waals surface area contributed by atoms with Crippen LogP contribution in [0.25, 0.3) is 0 Å². The molecule has 2 aromatic rings. The first-order valence-corrected chi connectivity index (χ1v) is 10.8. The summed E-state index contributed by atoms with van der Waals surface area (Å²) in [6, 6.07) is 13.7. The first-order chi connectivity index (χ1) is 14.5. The zero-order valence-electron chi connectivity index (χ0n) is 16.5. The number of carbonyl (C=O) groups is 2. The molecule has 158 valence electrons. The van der Waals surface area contributed by atoms with E-state index in [2.05, 4.69) is 31.5 Å². The number of amides is 2. The first kappa shape index (κ1) is 20.8. The van der Waals surface area contributed by atoms with Gasteiger partial charge in [0.05, 0.1) is 6.67 Å². The van der Waals surface area contributed by atoms with Crippen LogP contribution in [0, 0.1) is 5.82 Å². The van der Waals surface area contributed by atoms with E-state index in [0.29, 0.717) is 31.6 Å². The SMILES string of the molecule is O=C(NCCN1CCC2(CC1)C(=O)NCN2c1cccc(F)c1)c1ccc(Br)cc1. The molecule has 1 spiro atoms. The van der Waals surface area contributed by atoms with Gasteiger partial charge in [-0.15, -0.1) is 0 Å². The second-order valence-corrected chi connectivity index (χ2v) is 8.62. The molecule has 0 bridgehead atoms. The lowest BCUT2D eigenvalue weighted by Gasteiger charge is -2.43. The molecule has 0 unspecified atom stereocenters. The molecule has 2 fully saturated rings. The van der Waals surface area contributed by atoms with Crippen molar-refractivity contribution < 1.29 is 14.0 Å². The highest BCUT2D eigenvalue weighted by atomic mass is 79.9. The largest absolute Gasteiger partial charge is 0.351 e. The van der Waals surface area contributed by atoms with E-state index in [1.54, 1.807) is 18.2 Å². The van der Waals surface area contributed by atoms with E-state index in [1.807, 2.05) is 23.1 Å². The van der Waals surface area contributed by atoms with Crippen molar-refractivity contribution in [2.45, 2.75) is 18.4 Å². The molecule has 2 amide bonds. The molecular formula is C22H24BrFN4O2. The summed E-state index contributed by atoms with van der Waals surface area (Å²) >= 11 is 3.36. The number of benzene rings is 2. The number of halogens is 2. The fourth-order valence-electron chi connectivity index (χ4n) is 4.25. The number of rotatable bonds is 5. The van der Waals surface area contributed by atoms with Crippen LogP contribution in [0.3, 0.4) is 0 Å². The Morgan fingerprint density at radius 2 is 1.90 bits per heavy atom. The van der Waals surface area contributed by atoms with Gasteiger partial charge in [0.1, 0.15) is 11.4 Å². The molecular weight excluding hydrogens is 451 g/mol. The zero-order chi connectivity index (χ0) is 21.1. The number of carbonyl (C=O) groups excluding carboxylic acids is 2. The van der Waals surface area contributed by atoms with Crippen LogP contribution in [0.15, 0.2) is 53.0 Å². The summed E-state index contributed by atoms with van der Waals surface area (Å²) in [4.78, 5) is 29.2. The van der Waals surface area contributed by atoms with E-state index in [4.69, 9.17) is 0 Å². The van der Waals surface area contributed by atoms with E-state index >= 15 is 0 Å². The quantitative estimate of drug-likeness (QED) is 0.699. The van der Waals surface area contributed by atoms with Crippen molar-refractivity contribution in [2.24, 2.45) is 0 Å². The number of hydrogen-bond donors (Lipinski definition) is 2. The van der Waals surface area contributed by atoms with Crippen LogP contribution in [0.1, 0.15) is 23.2 Å². The van der Waals surface area contributed by atoms with Gasteiger partial charge in [0.15, 0.2) is 0 Å². The van der Waals surface area contributed by atoms with Gasteiger partial charge in [0, 0.05) is 41.9 Å². The van der Waals surface area contributed by atoms with Crippen molar-refractivity contribution in [1.82, 2.24) is 15.5 Å². The van der Waals surface area contributed by atoms with Crippen LogP contribution in [0.2, 0.25) is 0 Å². The van der Waals surface area contributed by atoms with Crippen LogP contribution in [-0.2, 0) is 4.79 Å². The molecule has 6 nitrogen and oxygen atoms in total. The number of nitrogens with zero attached hydrogens (tertiary/aromatic N) is 2. The average Bonchev–Trinajstić information content (AvgIpc) is 3.05. The summed E-state index contributed by atoms with van der Waals surface area (Å²) in [6.07, 6.45) is 1.33. The van der Waals surface area contributed by atoms with Crippen molar-refractivity contribution in [3.63, 3.8) is 0 Å². The Balaban J connectivity index is 1.32. The minimum Gasteiger partial charge on any atom is -0.351 e. The molecule has 0 saturated carbocycles. The third-order valence-electron chi connectivity index (χ3n) is 5.96. The standard InChI is InChI=1S/C22H24BrFN4O2/c23-17-6-4-16(5-7-17)20(29)25-10-13-27-11-8-22(9-12-27)21(30)26-15-28(22)19-3-1-2-18(24)14-19/h1-7,14H,8-13,15H2,(H,25,29)(H,26,30). The summed E-state index contributed by atoms with van der Waals surface area (Å²) in [5, 5.41) is 5.88. The fourth-order valence-corrected chi connectivity index (χ4v) is 4.51. The number of hydrogen-bond acceptors (Lipinski definition) is 4. The normalized spacial score (nSPS) is 18.5. The summed E-state index contributed by atoms with van der Waals surface area (Å²) in [7, 11) is 0. The van der Waals surface area contributed by atoms with Gasteiger partial charge in [-0.25, -0.2) is 4.39 Å². The van der Waals surface area contributed by atoms with Gasteiger partial charge in [0.2, 0.25) is 5.91 Å². The highest BCUT2D eigenvalue weighted by Crippen LogP contribution is 2.36. The Kier molecular flexibility index (Phi) is 6.06. The lowest BCUT2D eigenvalue weighted by molar-refractivity contribution is -0.125. The second kappa shape index (κ2) is 8.73. The summed E-state index contributed by atoms with van der Waals surface area (Å²) < 4.78 is 14.6. The van der Waals surface area contributed by atoms with Crippen molar-refractivity contribution in [2.75, 3.05) is 37.7 Å². The molecule has 2 N–H and O–H groups in total. The Morgan fingerprint density at radius 3 is 2.60 bits per heavy atom. The highest BCUT2D eigenvalue weighted by molar-refractivity contribution is 9.10. The van der Waals surface area contributed by atoms with Crippen molar-refractivity contribution in [3.05, 3.63) is 64.4 Å². The smallest absolute Gasteiger partial charge is 0.251 e. The van der Waals surface area contributed by atoms with Gasteiger partial charge in [-0.05, 0) is 55.3 Å². The number of anilines is 1. The summed E-state index contributed by atoms with van der Waals surface area (Å²) in [5.41, 5.74) is 0.720. The van der Waals surface area contributed by atoms with E-state index < -0.39 is 5.54 Å². The van der Waals surface area contributed by atoms with Gasteiger partial charge in [0.25, 0.3) is 5.91 Å². The van der Waals surface area contributed by atoms with Gasteiger partial charge in [-0.2, -0.15) is 0 Å². The monoisotopic (exact) mass is 474 g/mol. The Hall–Kier alpha value is -2.45. The van der Waals surface area contributed by atoms with Gasteiger partial charge >= 0.3 is 0 Å². The molecule has 2 heterocycles. The molecule has 4 rings (SSSR count). The predicted molar refractivity (Wildman–Crippen MR) is 117 cm³/mol. The topological polar surface area (TPSA) is 64.7 Å². The Morgan fingerprint density at radius 1 is 1.17 bits per heavy atom. The van der Waals surface area contributed by atoms with Gasteiger partial charge < -0.3 is 20.4 Å². The summed E-state index contributed by atoms with van der Waals surface area (Å²) in [5.74, 6) is -0.390. The van der Waals surface area contributed by atoms with Crippen molar-refractivity contribution in [3.8, 4) is 0 Å². The zero-order valence-corrected chi connectivity index (χ0v) is 18.1. The molecule has 2 saturated heterocycles. The van der Waals surface area contributed by atoms with Crippen LogP contribution in [0.5, 0.6) is 0 Å². The van der Waals surface area contributed by atoms with Crippen LogP contribution >= 0.6 is 15.9 Å². The maximum absolute atomic E-state index is 13.7. The van der Waals surface area contributed by atoms with Crippen molar-refractivity contribution >= 4 is 33.4 Å². The van der Waals surface area contributed by atoms with Crippen LogP contribution in [-0.4, -0.2) is 55.1 Å². The molecule has 8 heteroatoms. The first-order valence-electron chi connectivity index (χ1n) is 10.1. The Labute approximate surface area is 183 Å². The van der Waals surface area contributed by atoms with Crippen molar-refractivity contribution in [1.29, 1.82) is 0 Å². The van der Waals surface area contributed by atoms with Gasteiger partial charge in [-0.3, -0.25) is 9.59 Å². The minimum absolute atomic E-state index is 0.00922.